The van der Waals surface area contributed by atoms with Gasteiger partial charge in [-0.15, -0.1) is 6.42 Å². The van der Waals surface area contributed by atoms with Crippen molar-refractivity contribution in [3.8, 4) is 12.3 Å². The van der Waals surface area contributed by atoms with Crippen LogP contribution in [0.1, 0.15) is 12.8 Å². The highest BCUT2D eigenvalue weighted by Gasteiger charge is 2.12. The Morgan fingerprint density at radius 3 is 3.20 bits per heavy atom. The summed E-state index contributed by atoms with van der Waals surface area (Å²) in [5, 5.41) is 0. The van der Waals surface area contributed by atoms with Crippen molar-refractivity contribution >= 4 is 0 Å². The molecule has 1 heterocycles. The molecule has 0 spiro atoms. The third-order valence-corrected chi connectivity index (χ3v) is 1.52. The Morgan fingerprint density at radius 1 is 1.70 bits per heavy atom. The Bertz CT molecular complexity index is 120. The van der Waals surface area contributed by atoms with E-state index in [2.05, 4.69) is 5.92 Å². The first-order valence-electron chi connectivity index (χ1n) is 3.56. The average molecular weight is 140 g/mol. The number of ether oxygens (including phenoxy) is 2. The van der Waals surface area contributed by atoms with Crippen LogP contribution in [0.25, 0.3) is 0 Å². The molecule has 0 N–H and O–H groups in total. The van der Waals surface area contributed by atoms with E-state index >= 15 is 0 Å². The second kappa shape index (κ2) is 4.32. The lowest BCUT2D eigenvalue weighted by molar-refractivity contribution is -0.0393. The van der Waals surface area contributed by atoms with Crippen LogP contribution in [-0.2, 0) is 9.47 Å². The van der Waals surface area contributed by atoms with Crippen molar-refractivity contribution in [3.63, 3.8) is 0 Å². The highest BCUT2D eigenvalue weighted by atomic mass is 16.5. The van der Waals surface area contributed by atoms with Gasteiger partial charge in [0.15, 0.2) is 0 Å². The second-order valence-corrected chi connectivity index (χ2v) is 2.35. The van der Waals surface area contributed by atoms with Crippen LogP contribution in [0.2, 0.25) is 0 Å². The van der Waals surface area contributed by atoms with Gasteiger partial charge in [0.1, 0.15) is 6.61 Å². The summed E-state index contributed by atoms with van der Waals surface area (Å²) in [4.78, 5) is 0. The predicted molar refractivity (Wildman–Crippen MR) is 38.6 cm³/mol. The van der Waals surface area contributed by atoms with Crippen molar-refractivity contribution in [3.05, 3.63) is 0 Å². The Hall–Kier alpha value is -0.520. The van der Waals surface area contributed by atoms with E-state index in [1.807, 2.05) is 0 Å². The van der Waals surface area contributed by atoms with E-state index < -0.39 is 0 Å². The Kier molecular flexibility index (Phi) is 3.28. The number of hydrogen-bond acceptors (Lipinski definition) is 2. The van der Waals surface area contributed by atoms with Crippen molar-refractivity contribution in [2.45, 2.75) is 18.9 Å². The molecule has 0 aromatic carbocycles. The molecule has 0 amide bonds. The highest BCUT2D eigenvalue weighted by Crippen LogP contribution is 2.08. The van der Waals surface area contributed by atoms with Crippen LogP contribution in [0.4, 0.5) is 0 Å². The maximum Gasteiger partial charge on any atom is 0.107 e. The second-order valence-electron chi connectivity index (χ2n) is 2.35. The molecule has 0 saturated carbocycles. The van der Waals surface area contributed by atoms with Crippen molar-refractivity contribution in [2.24, 2.45) is 0 Å². The molecular weight excluding hydrogens is 128 g/mol. The third-order valence-electron chi connectivity index (χ3n) is 1.52. The molecule has 1 atom stereocenters. The fourth-order valence-electron chi connectivity index (χ4n) is 1.01. The molecule has 1 fully saturated rings. The van der Waals surface area contributed by atoms with Gasteiger partial charge in [-0.2, -0.15) is 0 Å². The molecule has 56 valence electrons. The summed E-state index contributed by atoms with van der Waals surface area (Å²) in [7, 11) is 0. The molecule has 0 aliphatic carbocycles. The van der Waals surface area contributed by atoms with Gasteiger partial charge in [-0.3, -0.25) is 0 Å². The minimum Gasteiger partial charge on any atom is -0.379 e. The summed E-state index contributed by atoms with van der Waals surface area (Å²) < 4.78 is 10.5. The summed E-state index contributed by atoms with van der Waals surface area (Å²) in [5.74, 6) is 2.44. The van der Waals surface area contributed by atoms with E-state index in [1.165, 1.54) is 0 Å². The summed E-state index contributed by atoms with van der Waals surface area (Å²) >= 11 is 0. The maximum atomic E-state index is 5.27. The van der Waals surface area contributed by atoms with E-state index in [9.17, 15) is 0 Å². The van der Waals surface area contributed by atoms with E-state index in [0.717, 1.165) is 19.4 Å². The van der Waals surface area contributed by atoms with E-state index in [1.54, 1.807) is 0 Å². The zero-order valence-corrected chi connectivity index (χ0v) is 6.01. The zero-order chi connectivity index (χ0) is 7.23. The van der Waals surface area contributed by atoms with Gasteiger partial charge in [-0.25, -0.2) is 0 Å². The topological polar surface area (TPSA) is 18.5 Å². The zero-order valence-electron chi connectivity index (χ0n) is 6.01. The van der Waals surface area contributed by atoms with Gasteiger partial charge in [0.05, 0.1) is 12.7 Å². The SMILES string of the molecule is C#CCOC1CCCOC1. The summed E-state index contributed by atoms with van der Waals surface area (Å²) in [5.41, 5.74) is 0. The van der Waals surface area contributed by atoms with Gasteiger partial charge >= 0.3 is 0 Å². The van der Waals surface area contributed by atoms with Crippen LogP contribution in [0.15, 0.2) is 0 Å². The standard InChI is InChI=1S/C8H12O2/c1-2-5-10-8-4-3-6-9-7-8/h1,8H,3-7H2. The lowest BCUT2D eigenvalue weighted by atomic mass is 10.2. The molecule has 0 radical (unpaired) electrons. The van der Waals surface area contributed by atoms with Gasteiger partial charge in [-0.05, 0) is 12.8 Å². The normalized spacial score (nSPS) is 25.7. The number of hydrogen-bond donors (Lipinski definition) is 0. The Labute approximate surface area is 61.5 Å². The smallest absolute Gasteiger partial charge is 0.107 e. The van der Waals surface area contributed by atoms with Crippen LogP contribution in [-0.4, -0.2) is 25.9 Å². The fraction of sp³-hybridized carbons (Fsp3) is 0.750. The minimum absolute atomic E-state index is 0.241. The quantitative estimate of drug-likeness (QED) is 0.528. The Morgan fingerprint density at radius 2 is 2.60 bits per heavy atom. The van der Waals surface area contributed by atoms with Crippen LogP contribution in [0.3, 0.4) is 0 Å². The minimum atomic E-state index is 0.241. The molecule has 2 nitrogen and oxygen atoms in total. The average Bonchev–Trinajstić information content (AvgIpc) is 2.03. The van der Waals surface area contributed by atoms with Crippen LogP contribution < -0.4 is 0 Å². The highest BCUT2D eigenvalue weighted by molar-refractivity contribution is 4.83. The van der Waals surface area contributed by atoms with Gasteiger partial charge in [0.25, 0.3) is 0 Å². The first kappa shape index (κ1) is 7.59. The van der Waals surface area contributed by atoms with Crippen LogP contribution in [0.5, 0.6) is 0 Å². The molecule has 10 heavy (non-hydrogen) atoms. The fourth-order valence-corrected chi connectivity index (χ4v) is 1.01. The predicted octanol–water partition coefficient (Wildman–Crippen LogP) is 0.815. The largest absolute Gasteiger partial charge is 0.379 e. The lowest BCUT2D eigenvalue weighted by Crippen LogP contribution is -2.25. The number of terminal acetylenes is 1. The maximum absolute atomic E-state index is 5.27. The third kappa shape index (κ3) is 2.38. The van der Waals surface area contributed by atoms with Gasteiger partial charge in [0, 0.05) is 6.61 Å². The number of rotatable bonds is 2. The van der Waals surface area contributed by atoms with Gasteiger partial charge in [-0.1, -0.05) is 5.92 Å². The van der Waals surface area contributed by atoms with E-state index in [4.69, 9.17) is 15.9 Å². The summed E-state index contributed by atoms with van der Waals surface area (Å²) in [6.07, 6.45) is 7.45. The van der Waals surface area contributed by atoms with Crippen LogP contribution >= 0.6 is 0 Å². The molecule has 2 heteroatoms. The molecule has 0 bridgehead atoms. The van der Waals surface area contributed by atoms with Gasteiger partial charge in [0.2, 0.25) is 0 Å². The van der Waals surface area contributed by atoms with Crippen molar-refractivity contribution in [2.75, 3.05) is 19.8 Å². The first-order chi connectivity index (χ1) is 4.93. The van der Waals surface area contributed by atoms with Crippen molar-refractivity contribution in [1.82, 2.24) is 0 Å². The Balaban J connectivity index is 2.09. The molecule has 1 rings (SSSR count). The molecule has 1 unspecified atom stereocenters. The first-order valence-corrected chi connectivity index (χ1v) is 3.56. The van der Waals surface area contributed by atoms with E-state index in [-0.39, 0.29) is 6.10 Å². The molecule has 1 aliphatic rings. The van der Waals surface area contributed by atoms with Crippen molar-refractivity contribution < 1.29 is 9.47 Å². The van der Waals surface area contributed by atoms with Crippen molar-refractivity contribution in [1.29, 1.82) is 0 Å². The summed E-state index contributed by atoms with van der Waals surface area (Å²) in [6.45, 7) is 1.99. The monoisotopic (exact) mass is 140 g/mol. The van der Waals surface area contributed by atoms with Crippen LogP contribution in [0, 0.1) is 12.3 Å². The molecular formula is C8H12O2. The molecule has 0 aromatic heterocycles. The molecule has 1 aliphatic heterocycles. The van der Waals surface area contributed by atoms with E-state index in [0.29, 0.717) is 13.2 Å². The molecule has 1 saturated heterocycles. The summed E-state index contributed by atoms with van der Waals surface area (Å²) in [6, 6.07) is 0. The molecule has 0 aromatic rings. The lowest BCUT2D eigenvalue weighted by Gasteiger charge is -2.21. The van der Waals surface area contributed by atoms with Gasteiger partial charge < -0.3 is 9.47 Å².